The summed E-state index contributed by atoms with van der Waals surface area (Å²) in [6, 6.07) is 0. The minimum Gasteiger partial charge on any atom is -0.454 e. The zero-order valence-corrected chi connectivity index (χ0v) is 9.32. The molecule has 3 heteroatoms. The molecule has 1 rings (SSSR count). The highest BCUT2D eigenvalue weighted by Gasteiger charge is 2.45. The third-order valence-corrected chi connectivity index (χ3v) is 2.76. The molecule has 0 saturated carbocycles. The van der Waals surface area contributed by atoms with Crippen LogP contribution < -0.4 is 0 Å². The van der Waals surface area contributed by atoms with Gasteiger partial charge in [0.25, 0.3) is 0 Å². The molecule has 0 aromatic rings. The molecule has 0 aromatic carbocycles. The van der Waals surface area contributed by atoms with Crippen molar-refractivity contribution in [1.82, 2.24) is 0 Å². The average Bonchev–Trinajstić information content (AvgIpc) is 2.40. The maximum Gasteiger partial charge on any atom is 0.303 e. The molecule has 0 radical (unpaired) electrons. The molecule has 0 N–H and O–H groups in total. The maximum atomic E-state index is 11.6. The molecule has 0 saturated heterocycles. The number of carbonyl (C=O) groups excluding carboxylic acids is 2. The summed E-state index contributed by atoms with van der Waals surface area (Å²) in [4.78, 5) is 22.6. The molecule has 0 fully saturated rings. The molecular formula is C12H16O3. The van der Waals surface area contributed by atoms with Crippen molar-refractivity contribution in [2.75, 3.05) is 0 Å². The number of ketones is 1. The molecule has 1 aliphatic carbocycles. The van der Waals surface area contributed by atoms with Gasteiger partial charge in [-0.3, -0.25) is 9.59 Å². The van der Waals surface area contributed by atoms with E-state index in [1.54, 1.807) is 19.1 Å². The highest BCUT2D eigenvalue weighted by Crippen LogP contribution is 2.36. The average molecular weight is 208 g/mol. The first-order valence-electron chi connectivity index (χ1n) is 4.96. The SMILES string of the molecule is C=CC(C)C1C(=O)C=CC1(C)OC(C)=O. The van der Waals surface area contributed by atoms with Crippen LogP contribution in [-0.4, -0.2) is 17.4 Å². The smallest absolute Gasteiger partial charge is 0.303 e. The summed E-state index contributed by atoms with van der Waals surface area (Å²) in [7, 11) is 0. The maximum absolute atomic E-state index is 11.6. The summed E-state index contributed by atoms with van der Waals surface area (Å²) in [5.74, 6) is -0.750. The highest BCUT2D eigenvalue weighted by atomic mass is 16.6. The summed E-state index contributed by atoms with van der Waals surface area (Å²) >= 11 is 0. The van der Waals surface area contributed by atoms with Gasteiger partial charge in [-0.05, 0) is 25.0 Å². The summed E-state index contributed by atoms with van der Waals surface area (Å²) in [5.41, 5.74) is -0.823. The van der Waals surface area contributed by atoms with Crippen LogP contribution in [0.3, 0.4) is 0 Å². The van der Waals surface area contributed by atoms with Crippen LogP contribution in [0.5, 0.6) is 0 Å². The van der Waals surface area contributed by atoms with Crippen LogP contribution >= 0.6 is 0 Å². The number of allylic oxidation sites excluding steroid dienone is 2. The van der Waals surface area contributed by atoms with Crippen molar-refractivity contribution in [2.24, 2.45) is 11.8 Å². The van der Waals surface area contributed by atoms with E-state index in [0.717, 1.165) is 0 Å². The standard InChI is InChI=1S/C12H16O3/c1-5-8(2)11-10(14)6-7-12(11,4)15-9(3)13/h5-8,11H,1H2,2-4H3. The number of carbonyl (C=O) groups is 2. The van der Waals surface area contributed by atoms with Crippen LogP contribution in [0.2, 0.25) is 0 Å². The van der Waals surface area contributed by atoms with E-state index in [2.05, 4.69) is 6.58 Å². The first kappa shape index (κ1) is 11.7. The summed E-state index contributed by atoms with van der Waals surface area (Å²) in [6.07, 6.45) is 4.84. The molecule has 15 heavy (non-hydrogen) atoms. The van der Waals surface area contributed by atoms with Gasteiger partial charge in [-0.15, -0.1) is 6.58 Å². The Balaban J connectivity index is 2.96. The molecule has 0 heterocycles. The van der Waals surface area contributed by atoms with Gasteiger partial charge < -0.3 is 4.74 Å². The van der Waals surface area contributed by atoms with Crippen LogP contribution in [0, 0.1) is 11.8 Å². The molecule has 3 atom stereocenters. The first-order chi connectivity index (χ1) is 6.90. The third-order valence-electron chi connectivity index (χ3n) is 2.76. The second-order valence-corrected chi connectivity index (χ2v) is 4.09. The van der Waals surface area contributed by atoms with Crippen molar-refractivity contribution in [3.8, 4) is 0 Å². The molecule has 3 nitrogen and oxygen atoms in total. The van der Waals surface area contributed by atoms with Gasteiger partial charge in [0.1, 0.15) is 5.60 Å². The Morgan fingerprint density at radius 1 is 1.73 bits per heavy atom. The second-order valence-electron chi connectivity index (χ2n) is 4.09. The zero-order chi connectivity index (χ0) is 11.6. The number of hydrogen-bond donors (Lipinski definition) is 0. The Kier molecular flexibility index (Phi) is 3.12. The molecule has 0 bridgehead atoms. The third kappa shape index (κ3) is 2.17. The minimum absolute atomic E-state index is 0.00819. The first-order valence-corrected chi connectivity index (χ1v) is 4.96. The minimum atomic E-state index is -0.823. The lowest BCUT2D eigenvalue weighted by Gasteiger charge is -2.31. The van der Waals surface area contributed by atoms with Gasteiger partial charge in [0.15, 0.2) is 5.78 Å². The quantitative estimate of drug-likeness (QED) is 0.525. The van der Waals surface area contributed by atoms with Crippen molar-refractivity contribution in [3.05, 3.63) is 24.8 Å². The van der Waals surface area contributed by atoms with Gasteiger partial charge in [0.2, 0.25) is 0 Å². The molecule has 0 spiro atoms. The van der Waals surface area contributed by atoms with E-state index in [4.69, 9.17) is 4.74 Å². The summed E-state index contributed by atoms with van der Waals surface area (Å²) < 4.78 is 5.21. The fourth-order valence-electron chi connectivity index (χ4n) is 2.06. The monoisotopic (exact) mass is 208 g/mol. The van der Waals surface area contributed by atoms with Crippen LogP contribution in [0.25, 0.3) is 0 Å². The Morgan fingerprint density at radius 3 is 2.80 bits per heavy atom. The molecular weight excluding hydrogens is 192 g/mol. The van der Waals surface area contributed by atoms with Crippen molar-refractivity contribution in [2.45, 2.75) is 26.4 Å². The molecule has 0 amide bonds. The van der Waals surface area contributed by atoms with Crippen LogP contribution in [0.1, 0.15) is 20.8 Å². The lowest BCUT2D eigenvalue weighted by Crippen LogP contribution is -2.40. The number of esters is 1. The number of rotatable bonds is 3. The van der Waals surface area contributed by atoms with E-state index in [1.807, 2.05) is 6.92 Å². The predicted octanol–water partition coefficient (Wildman–Crippen LogP) is 1.89. The van der Waals surface area contributed by atoms with Gasteiger partial charge in [0, 0.05) is 6.92 Å². The fourth-order valence-corrected chi connectivity index (χ4v) is 2.06. The van der Waals surface area contributed by atoms with Gasteiger partial charge in [-0.25, -0.2) is 0 Å². The van der Waals surface area contributed by atoms with Crippen LogP contribution in [0.15, 0.2) is 24.8 Å². The zero-order valence-electron chi connectivity index (χ0n) is 9.32. The molecule has 82 valence electrons. The highest BCUT2D eigenvalue weighted by molar-refractivity contribution is 5.96. The Bertz CT molecular complexity index is 330. The summed E-state index contributed by atoms with van der Waals surface area (Å²) in [5, 5.41) is 0. The second kappa shape index (κ2) is 4.01. The fraction of sp³-hybridized carbons (Fsp3) is 0.500. The van der Waals surface area contributed by atoms with E-state index in [1.165, 1.54) is 13.0 Å². The van der Waals surface area contributed by atoms with Gasteiger partial charge in [-0.2, -0.15) is 0 Å². The van der Waals surface area contributed by atoms with E-state index >= 15 is 0 Å². The van der Waals surface area contributed by atoms with E-state index in [0.29, 0.717) is 0 Å². The molecule has 0 aliphatic heterocycles. The van der Waals surface area contributed by atoms with Crippen molar-refractivity contribution >= 4 is 11.8 Å². The van der Waals surface area contributed by atoms with Gasteiger partial charge >= 0.3 is 5.97 Å². The van der Waals surface area contributed by atoms with E-state index in [9.17, 15) is 9.59 Å². The Hall–Kier alpha value is -1.38. The van der Waals surface area contributed by atoms with Crippen molar-refractivity contribution < 1.29 is 14.3 Å². The lowest BCUT2D eigenvalue weighted by molar-refractivity contribution is -0.156. The van der Waals surface area contributed by atoms with E-state index in [-0.39, 0.29) is 23.6 Å². The Morgan fingerprint density at radius 2 is 2.33 bits per heavy atom. The van der Waals surface area contributed by atoms with Crippen LogP contribution in [-0.2, 0) is 14.3 Å². The predicted molar refractivity (Wildman–Crippen MR) is 57.2 cm³/mol. The van der Waals surface area contributed by atoms with E-state index < -0.39 is 5.60 Å². The van der Waals surface area contributed by atoms with Gasteiger partial charge in [-0.1, -0.05) is 13.0 Å². The molecule has 1 aliphatic rings. The Labute approximate surface area is 89.8 Å². The van der Waals surface area contributed by atoms with Gasteiger partial charge in [0.05, 0.1) is 5.92 Å². The topological polar surface area (TPSA) is 43.4 Å². The normalized spacial score (nSPS) is 31.4. The molecule has 0 aromatic heterocycles. The largest absolute Gasteiger partial charge is 0.454 e. The van der Waals surface area contributed by atoms with Crippen molar-refractivity contribution in [1.29, 1.82) is 0 Å². The van der Waals surface area contributed by atoms with Crippen molar-refractivity contribution in [3.63, 3.8) is 0 Å². The number of ether oxygens (including phenoxy) is 1. The lowest BCUT2D eigenvalue weighted by atomic mass is 9.81. The van der Waals surface area contributed by atoms with Crippen LogP contribution in [0.4, 0.5) is 0 Å². The summed E-state index contributed by atoms with van der Waals surface area (Å²) in [6.45, 7) is 8.65. The number of hydrogen-bond acceptors (Lipinski definition) is 3. The molecule has 3 unspecified atom stereocenters.